The standard InChI is InChI=1S/C17H28N2/c1-13-6-5-7-15(10-8-13)19-16-11-9-14(12-18-16)17(2,3)4/h9,11-13,15H,5-8,10H2,1-4H3,(H,18,19). The quantitative estimate of drug-likeness (QED) is 0.775. The van der Waals surface area contributed by atoms with Crippen molar-refractivity contribution in [3.8, 4) is 0 Å². The van der Waals surface area contributed by atoms with E-state index < -0.39 is 0 Å². The molecule has 2 heteroatoms. The molecule has 0 saturated heterocycles. The molecule has 1 aliphatic rings. The summed E-state index contributed by atoms with van der Waals surface area (Å²) in [6.45, 7) is 9.05. The molecule has 2 atom stereocenters. The number of hydrogen-bond donors (Lipinski definition) is 1. The van der Waals surface area contributed by atoms with Crippen LogP contribution in [0.2, 0.25) is 0 Å². The zero-order valence-electron chi connectivity index (χ0n) is 12.9. The molecule has 1 fully saturated rings. The molecule has 1 saturated carbocycles. The molecule has 19 heavy (non-hydrogen) atoms. The van der Waals surface area contributed by atoms with Crippen LogP contribution in [0.15, 0.2) is 18.3 Å². The van der Waals surface area contributed by atoms with Gasteiger partial charge in [-0.05, 0) is 42.2 Å². The summed E-state index contributed by atoms with van der Waals surface area (Å²) in [6, 6.07) is 4.95. The Labute approximate surface area is 118 Å². The van der Waals surface area contributed by atoms with Gasteiger partial charge in [0.1, 0.15) is 5.82 Å². The van der Waals surface area contributed by atoms with E-state index in [-0.39, 0.29) is 5.41 Å². The molecule has 0 bridgehead atoms. The molecule has 0 spiro atoms. The highest BCUT2D eigenvalue weighted by atomic mass is 15.0. The molecular formula is C17H28N2. The number of pyridine rings is 1. The smallest absolute Gasteiger partial charge is 0.126 e. The predicted octanol–water partition coefficient (Wildman–Crippen LogP) is 4.76. The van der Waals surface area contributed by atoms with Gasteiger partial charge in [0.15, 0.2) is 0 Å². The summed E-state index contributed by atoms with van der Waals surface area (Å²) < 4.78 is 0. The number of rotatable bonds is 2. The molecule has 2 unspecified atom stereocenters. The fourth-order valence-corrected chi connectivity index (χ4v) is 2.76. The average Bonchev–Trinajstić information content (AvgIpc) is 2.54. The minimum atomic E-state index is 0.184. The summed E-state index contributed by atoms with van der Waals surface area (Å²) in [5.74, 6) is 1.93. The molecule has 1 heterocycles. The summed E-state index contributed by atoms with van der Waals surface area (Å²) >= 11 is 0. The maximum Gasteiger partial charge on any atom is 0.126 e. The van der Waals surface area contributed by atoms with Crippen LogP contribution in [0.5, 0.6) is 0 Å². The van der Waals surface area contributed by atoms with Crippen molar-refractivity contribution in [1.29, 1.82) is 0 Å². The zero-order valence-corrected chi connectivity index (χ0v) is 12.9. The predicted molar refractivity (Wildman–Crippen MR) is 82.6 cm³/mol. The molecular weight excluding hydrogens is 232 g/mol. The van der Waals surface area contributed by atoms with Crippen molar-refractivity contribution in [2.45, 2.75) is 71.3 Å². The number of aromatic nitrogens is 1. The maximum absolute atomic E-state index is 4.58. The van der Waals surface area contributed by atoms with Crippen LogP contribution in [0.1, 0.15) is 65.4 Å². The van der Waals surface area contributed by atoms with Crippen LogP contribution in [0.25, 0.3) is 0 Å². The van der Waals surface area contributed by atoms with E-state index in [1.807, 2.05) is 6.20 Å². The molecule has 0 aliphatic heterocycles. The van der Waals surface area contributed by atoms with E-state index in [4.69, 9.17) is 0 Å². The highest BCUT2D eigenvalue weighted by Crippen LogP contribution is 2.26. The van der Waals surface area contributed by atoms with Crippen molar-refractivity contribution in [3.05, 3.63) is 23.9 Å². The van der Waals surface area contributed by atoms with Gasteiger partial charge in [0, 0.05) is 12.2 Å². The van der Waals surface area contributed by atoms with E-state index in [1.165, 1.54) is 37.7 Å². The molecule has 0 radical (unpaired) electrons. The lowest BCUT2D eigenvalue weighted by molar-refractivity contribution is 0.502. The van der Waals surface area contributed by atoms with Gasteiger partial charge in [0.05, 0.1) is 0 Å². The number of anilines is 1. The second kappa shape index (κ2) is 5.94. The van der Waals surface area contributed by atoms with Crippen LogP contribution >= 0.6 is 0 Å². The van der Waals surface area contributed by atoms with Gasteiger partial charge in [-0.3, -0.25) is 0 Å². The molecule has 1 aromatic heterocycles. The first-order valence-electron chi connectivity index (χ1n) is 7.68. The van der Waals surface area contributed by atoms with Crippen molar-refractivity contribution in [2.75, 3.05) is 5.32 Å². The topological polar surface area (TPSA) is 24.9 Å². The summed E-state index contributed by atoms with van der Waals surface area (Å²) in [7, 11) is 0. The van der Waals surface area contributed by atoms with Crippen molar-refractivity contribution in [3.63, 3.8) is 0 Å². The first-order valence-corrected chi connectivity index (χ1v) is 7.68. The third-order valence-electron chi connectivity index (χ3n) is 4.24. The van der Waals surface area contributed by atoms with Crippen molar-refractivity contribution >= 4 is 5.82 Å². The van der Waals surface area contributed by atoms with Gasteiger partial charge in [-0.1, -0.05) is 46.6 Å². The minimum Gasteiger partial charge on any atom is -0.367 e. The number of hydrogen-bond acceptors (Lipinski definition) is 2. The fourth-order valence-electron chi connectivity index (χ4n) is 2.76. The first-order chi connectivity index (χ1) is 8.95. The second-order valence-corrected chi connectivity index (χ2v) is 7.14. The Kier molecular flexibility index (Phi) is 4.49. The van der Waals surface area contributed by atoms with Crippen molar-refractivity contribution < 1.29 is 0 Å². The van der Waals surface area contributed by atoms with E-state index >= 15 is 0 Å². The lowest BCUT2D eigenvalue weighted by Gasteiger charge is -2.20. The monoisotopic (exact) mass is 260 g/mol. The van der Waals surface area contributed by atoms with Crippen LogP contribution in [0.3, 0.4) is 0 Å². The van der Waals surface area contributed by atoms with Crippen LogP contribution in [0, 0.1) is 5.92 Å². The molecule has 1 aromatic rings. The third kappa shape index (κ3) is 4.22. The Morgan fingerprint density at radius 3 is 2.53 bits per heavy atom. The minimum absolute atomic E-state index is 0.184. The SMILES string of the molecule is CC1CCCC(Nc2ccc(C(C)(C)C)cn2)CC1. The fraction of sp³-hybridized carbons (Fsp3) is 0.706. The average molecular weight is 260 g/mol. The van der Waals surface area contributed by atoms with Gasteiger partial charge in [0.2, 0.25) is 0 Å². The molecule has 1 N–H and O–H groups in total. The molecule has 0 amide bonds. The second-order valence-electron chi connectivity index (χ2n) is 7.14. The molecule has 106 valence electrons. The molecule has 0 aromatic carbocycles. The Morgan fingerprint density at radius 2 is 1.89 bits per heavy atom. The lowest BCUT2D eigenvalue weighted by atomic mass is 9.88. The van der Waals surface area contributed by atoms with Gasteiger partial charge in [0.25, 0.3) is 0 Å². The van der Waals surface area contributed by atoms with Gasteiger partial charge in [-0.25, -0.2) is 4.98 Å². The largest absolute Gasteiger partial charge is 0.367 e. The zero-order chi connectivity index (χ0) is 13.9. The van der Waals surface area contributed by atoms with Gasteiger partial charge in [-0.2, -0.15) is 0 Å². The van der Waals surface area contributed by atoms with Crippen molar-refractivity contribution in [1.82, 2.24) is 4.98 Å². The summed E-state index contributed by atoms with van der Waals surface area (Å²) in [4.78, 5) is 4.58. The van der Waals surface area contributed by atoms with Crippen LogP contribution < -0.4 is 5.32 Å². The first kappa shape index (κ1) is 14.4. The molecule has 2 rings (SSSR count). The van der Waals surface area contributed by atoms with Gasteiger partial charge >= 0.3 is 0 Å². The normalized spacial score (nSPS) is 24.8. The highest BCUT2D eigenvalue weighted by molar-refractivity contribution is 5.38. The Hall–Kier alpha value is -1.05. The van der Waals surface area contributed by atoms with E-state index in [0.717, 1.165) is 11.7 Å². The van der Waals surface area contributed by atoms with Crippen LogP contribution in [-0.4, -0.2) is 11.0 Å². The maximum atomic E-state index is 4.58. The summed E-state index contributed by atoms with van der Waals surface area (Å²) in [5, 5.41) is 3.61. The Bertz CT molecular complexity index is 389. The summed E-state index contributed by atoms with van der Waals surface area (Å²) in [5.41, 5.74) is 1.48. The van der Waals surface area contributed by atoms with Crippen LogP contribution in [0.4, 0.5) is 5.82 Å². The molecule has 1 aliphatic carbocycles. The highest BCUT2D eigenvalue weighted by Gasteiger charge is 2.17. The lowest BCUT2D eigenvalue weighted by Crippen LogP contribution is -2.19. The van der Waals surface area contributed by atoms with E-state index in [9.17, 15) is 0 Å². The molecule has 2 nitrogen and oxygen atoms in total. The van der Waals surface area contributed by atoms with E-state index in [0.29, 0.717) is 6.04 Å². The third-order valence-corrected chi connectivity index (χ3v) is 4.24. The summed E-state index contributed by atoms with van der Waals surface area (Å²) in [6.07, 6.45) is 8.66. The Balaban J connectivity index is 1.96. The van der Waals surface area contributed by atoms with E-state index in [1.54, 1.807) is 0 Å². The van der Waals surface area contributed by atoms with E-state index in [2.05, 4.69) is 50.1 Å². The number of nitrogens with zero attached hydrogens (tertiary/aromatic N) is 1. The van der Waals surface area contributed by atoms with Gasteiger partial charge in [-0.15, -0.1) is 0 Å². The van der Waals surface area contributed by atoms with Crippen LogP contribution in [-0.2, 0) is 5.41 Å². The van der Waals surface area contributed by atoms with Crippen molar-refractivity contribution in [2.24, 2.45) is 5.92 Å². The Morgan fingerprint density at radius 1 is 1.11 bits per heavy atom. The number of nitrogens with one attached hydrogen (secondary N) is 1. The van der Waals surface area contributed by atoms with Gasteiger partial charge < -0.3 is 5.32 Å².